The Kier molecular flexibility index (Phi) is 25.4. The molecule has 0 aromatic heterocycles. The van der Waals surface area contributed by atoms with E-state index in [4.69, 9.17) is 37.9 Å². The fraction of sp³-hybridized carbons (Fsp3) is 1.00. The largest absolute Gasteiger partial charge is 0.394 e. The molecule has 0 saturated carbocycles. The quantitative estimate of drug-likeness (QED) is 0.0443. The molecule has 0 aromatic carbocycles. The van der Waals surface area contributed by atoms with Gasteiger partial charge in [0.05, 0.1) is 52.9 Å². The van der Waals surface area contributed by atoms with E-state index in [9.17, 15) is 40.9 Å². The molecule has 2 aliphatic rings. The smallest absolute Gasteiger partial charge is 0.187 e. The summed E-state index contributed by atoms with van der Waals surface area (Å²) in [4.78, 5) is 0. The molecule has 0 aliphatic carbocycles. The van der Waals surface area contributed by atoms with E-state index in [0.29, 0.717) is 6.61 Å². The third kappa shape index (κ3) is 17.6. The van der Waals surface area contributed by atoms with Gasteiger partial charge in [-0.25, -0.2) is 0 Å². The molecule has 304 valence electrons. The molecule has 6 unspecified atom stereocenters. The van der Waals surface area contributed by atoms with Gasteiger partial charge in [0.1, 0.15) is 61.0 Å². The third-order valence-corrected chi connectivity index (χ3v) is 9.13. The first-order valence-electron chi connectivity index (χ1n) is 18.8. The van der Waals surface area contributed by atoms with Gasteiger partial charge in [0.2, 0.25) is 0 Å². The minimum atomic E-state index is -1.58. The second kappa shape index (κ2) is 27.9. The average molecular weight is 745 g/mol. The maximum absolute atomic E-state index is 10.5. The van der Waals surface area contributed by atoms with Gasteiger partial charge in [0.25, 0.3) is 0 Å². The highest BCUT2D eigenvalue weighted by atomic mass is 16.7. The summed E-state index contributed by atoms with van der Waals surface area (Å²) in [5, 5.41) is 80.0. The SMILES string of the molecule is CCCCCCCCCCCCCCOCC(COCCOCC(COC)O[C@@H]1OC(CO)[C@@H](O)[C@H](O)C1O)O[C@@H]1OC(CO)[C@@H](O)[C@H](O)C1O. The van der Waals surface area contributed by atoms with Crippen LogP contribution in [0.4, 0.5) is 0 Å². The van der Waals surface area contributed by atoms with Crippen molar-refractivity contribution in [2.24, 2.45) is 0 Å². The summed E-state index contributed by atoms with van der Waals surface area (Å²) in [5.41, 5.74) is 0. The Bertz CT molecular complexity index is 825. The van der Waals surface area contributed by atoms with Crippen LogP contribution in [0.15, 0.2) is 0 Å². The predicted molar refractivity (Wildman–Crippen MR) is 183 cm³/mol. The van der Waals surface area contributed by atoms with Gasteiger partial charge < -0.3 is 78.7 Å². The van der Waals surface area contributed by atoms with Crippen LogP contribution in [0, 0.1) is 0 Å². The van der Waals surface area contributed by atoms with E-state index in [1.54, 1.807) is 0 Å². The molecule has 2 aliphatic heterocycles. The molecule has 0 spiro atoms. The summed E-state index contributed by atoms with van der Waals surface area (Å²) in [6, 6.07) is 0. The van der Waals surface area contributed by atoms with Crippen LogP contribution in [0.25, 0.3) is 0 Å². The molecule has 0 radical (unpaired) electrons. The van der Waals surface area contributed by atoms with Gasteiger partial charge in [0, 0.05) is 13.7 Å². The van der Waals surface area contributed by atoms with Crippen molar-refractivity contribution in [3.05, 3.63) is 0 Å². The van der Waals surface area contributed by atoms with Crippen LogP contribution in [-0.2, 0) is 37.9 Å². The Labute approximate surface area is 302 Å². The molecule has 2 rings (SSSR count). The Morgan fingerprint density at radius 3 is 1.24 bits per heavy atom. The molecule has 8 N–H and O–H groups in total. The van der Waals surface area contributed by atoms with Crippen molar-refractivity contribution < 1.29 is 78.7 Å². The van der Waals surface area contributed by atoms with Crippen molar-refractivity contribution in [3.63, 3.8) is 0 Å². The standard InChI is InChI=1S/C35H68O16/c1-3-4-5-6-7-8-9-10-11-12-13-14-15-45-22-25(49-35-33(43)31(41)29(39)27(19-37)51-35)23-47-17-16-46-21-24(20-44-2)48-34-32(42)30(40)28(38)26(18-36)50-34/h24-43H,3-23H2,1-2H3/t24?,25?,26?,27?,28-,29-,30+,31+,32?,33?,34-,35-/m1/s1. The first-order valence-corrected chi connectivity index (χ1v) is 18.8. The zero-order chi connectivity index (χ0) is 37.4. The van der Waals surface area contributed by atoms with Gasteiger partial charge in [-0.1, -0.05) is 77.6 Å². The highest BCUT2D eigenvalue weighted by Crippen LogP contribution is 2.24. The molecule has 0 aromatic rings. The summed E-state index contributed by atoms with van der Waals surface area (Å²) < 4.78 is 45.0. The van der Waals surface area contributed by atoms with Gasteiger partial charge in [-0.15, -0.1) is 0 Å². The van der Waals surface area contributed by atoms with E-state index < -0.39 is 86.8 Å². The second-order valence-corrected chi connectivity index (χ2v) is 13.5. The lowest BCUT2D eigenvalue weighted by atomic mass is 9.99. The van der Waals surface area contributed by atoms with Crippen LogP contribution in [-0.4, -0.2) is 181 Å². The molecule has 51 heavy (non-hydrogen) atoms. The Balaban J connectivity index is 1.75. The normalized spacial score (nSPS) is 31.2. The first kappa shape index (κ1) is 46.5. The summed E-state index contributed by atoms with van der Waals surface area (Å²) in [6.07, 6.45) is -0.907. The van der Waals surface area contributed by atoms with Crippen LogP contribution in [0.5, 0.6) is 0 Å². The number of unbranched alkanes of at least 4 members (excludes halogenated alkanes) is 11. The summed E-state index contributed by atoms with van der Waals surface area (Å²) >= 11 is 0. The van der Waals surface area contributed by atoms with Crippen LogP contribution >= 0.6 is 0 Å². The summed E-state index contributed by atoms with van der Waals surface area (Å²) in [6.45, 7) is 1.98. The van der Waals surface area contributed by atoms with Gasteiger partial charge in [-0.3, -0.25) is 0 Å². The van der Waals surface area contributed by atoms with E-state index in [1.165, 1.54) is 64.9 Å². The number of aliphatic hydroxyl groups excluding tert-OH is 8. The van der Waals surface area contributed by atoms with Crippen molar-refractivity contribution in [1.82, 2.24) is 0 Å². The zero-order valence-corrected chi connectivity index (χ0v) is 30.6. The Morgan fingerprint density at radius 1 is 0.471 bits per heavy atom. The Hall–Kier alpha value is -0.640. The van der Waals surface area contributed by atoms with Crippen LogP contribution < -0.4 is 0 Å². The number of ether oxygens (including phenoxy) is 8. The van der Waals surface area contributed by atoms with Crippen LogP contribution in [0.1, 0.15) is 84.0 Å². The van der Waals surface area contributed by atoms with Crippen molar-refractivity contribution >= 4 is 0 Å². The van der Waals surface area contributed by atoms with Crippen molar-refractivity contribution in [2.75, 3.05) is 66.6 Å². The lowest BCUT2D eigenvalue weighted by Crippen LogP contribution is -2.60. The maximum Gasteiger partial charge on any atom is 0.187 e. The summed E-state index contributed by atoms with van der Waals surface area (Å²) in [5.74, 6) is 0. The minimum Gasteiger partial charge on any atom is -0.394 e. The third-order valence-electron chi connectivity index (χ3n) is 9.13. The molecule has 16 nitrogen and oxygen atoms in total. The number of hydrogen-bond donors (Lipinski definition) is 8. The first-order chi connectivity index (χ1) is 24.7. The lowest BCUT2D eigenvalue weighted by molar-refractivity contribution is -0.317. The fourth-order valence-corrected chi connectivity index (χ4v) is 5.99. The van der Waals surface area contributed by atoms with Gasteiger partial charge >= 0.3 is 0 Å². The molecular formula is C35H68O16. The molecule has 2 heterocycles. The second-order valence-electron chi connectivity index (χ2n) is 13.5. The average Bonchev–Trinajstić information content (AvgIpc) is 3.13. The minimum absolute atomic E-state index is 0.000817. The molecule has 16 heteroatoms. The van der Waals surface area contributed by atoms with E-state index >= 15 is 0 Å². The van der Waals surface area contributed by atoms with E-state index in [0.717, 1.165) is 19.3 Å². The predicted octanol–water partition coefficient (Wildman–Crippen LogP) is -0.246. The molecular weight excluding hydrogens is 676 g/mol. The monoisotopic (exact) mass is 744 g/mol. The molecule has 2 fully saturated rings. The highest BCUT2D eigenvalue weighted by Gasteiger charge is 2.46. The summed E-state index contributed by atoms with van der Waals surface area (Å²) in [7, 11) is 1.45. The van der Waals surface area contributed by atoms with Gasteiger partial charge in [-0.2, -0.15) is 0 Å². The number of methoxy groups -OCH3 is 1. The zero-order valence-electron chi connectivity index (χ0n) is 30.6. The van der Waals surface area contributed by atoms with Crippen molar-refractivity contribution in [1.29, 1.82) is 0 Å². The van der Waals surface area contributed by atoms with Crippen molar-refractivity contribution in [2.45, 2.75) is 158 Å². The molecule has 12 atom stereocenters. The lowest BCUT2D eigenvalue weighted by Gasteiger charge is -2.40. The molecule has 2 saturated heterocycles. The fourth-order valence-electron chi connectivity index (χ4n) is 5.99. The Morgan fingerprint density at radius 2 is 0.843 bits per heavy atom. The van der Waals surface area contributed by atoms with Gasteiger partial charge in [0.15, 0.2) is 12.6 Å². The highest BCUT2D eigenvalue weighted by molar-refractivity contribution is 4.90. The maximum atomic E-state index is 10.5. The molecule has 0 amide bonds. The van der Waals surface area contributed by atoms with E-state index in [1.807, 2.05) is 0 Å². The number of hydrogen-bond acceptors (Lipinski definition) is 16. The number of rotatable bonds is 30. The van der Waals surface area contributed by atoms with Crippen LogP contribution in [0.3, 0.4) is 0 Å². The van der Waals surface area contributed by atoms with Crippen molar-refractivity contribution in [3.8, 4) is 0 Å². The van der Waals surface area contributed by atoms with Gasteiger partial charge in [-0.05, 0) is 6.42 Å². The van der Waals surface area contributed by atoms with Crippen LogP contribution in [0.2, 0.25) is 0 Å². The number of aliphatic hydroxyl groups is 8. The topological polar surface area (TPSA) is 236 Å². The van der Waals surface area contributed by atoms with E-state index in [-0.39, 0.29) is 39.6 Å². The molecule has 0 bridgehead atoms. The van der Waals surface area contributed by atoms with E-state index in [2.05, 4.69) is 6.92 Å².